The largest absolute Gasteiger partial charge is 0.345 e. The van der Waals surface area contributed by atoms with Gasteiger partial charge in [-0.1, -0.05) is 34.5 Å². The number of anilines is 1. The van der Waals surface area contributed by atoms with Crippen molar-refractivity contribution in [2.24, 2.45) is 0 Å². The molecule has 1 aromatic carbocycles. The molecule has 10 heteroatoms. The fraction of sp³-hybridized carbons (Fsp3) is 0.250. The van der Waals surface area contributed by atoms with Gasteiger partial charge in [0.15, 0.2) is 10.9 Å². The van der Waals surface area contributed by atoms with Crippen LogP contribution in [-0.4, -0.2) is 42.0 Å². The summed E-state index contributed by atoms with van der Waals surface area (Å²) in [4.78, 5) is 20.5. The van der Waals surface area contributed by atoms with Gasteiger partial charge < -0.3 is 9.80 Å². The molecule has 0 radical (unpaired) electrons. The highest BCUT2D eigenvalue weighted by Crippen LogP contribution is 2.33. The van der Waals surface area contributed by atoms with Crippen LogP contribution in [0, 0.1) is 11.6 Å². The molecule has 4 nitrogen and oxygen atoms in total. The number of carbonyl (C=O) groups is 1. The maximum Gasteiger partial charge on any atom is 0.256 e. The highest BCUT2D eigenvalue weighted by molar-refractivity contribution is 7.22. The van der Waals surface area contributed by atoms with E-state index < -0.39 is 11.6 Å². The Bertz CT molecular complexity index is 999. The number of fused-ring (bicyclic) bond motifs is 1. The third-order valence-corrected chi connectivity index (χ3v) is 6.68. The number of aromatic nitrogens is 1. The molecule has 0 N–H and O–H groups in total. The smallest absolute Gasteiger partial charge is 0.256 e. The summed E-state index contributed by atoms with van der Waals surface area (Å²) in [6.07, 6.45) is 0. The molecule has 3 aromatic rings. The Labute approximate surface area is 165 Å². The van der Waals surface area contributed by atoms with Crippen LogP contribution in [0.15, 0.2) is 18.2 Å². The van der Waals surface area contributed by atoms with Crippen molar-refractivity contribution in [3.05, 3.63) is 44.1 Å². The van der Waals surface area contributed by atoms with Gasteiger partial charge in [-0.2, -0.15) is 0 Å². The van der Waals surface area contributed by atoms with Crippen molar-refractivity contribution in [2.75, 3.05) is 31.1 Å². The fourth-order valence-electron chi connectivity index (χ4n) is 2.84. The summed E-state index contributed by atoms with van der Waals surface area (Å²) >= 11 is 14.4. The van der Waals surface area contributed by atoms with Gasteiger partial charge in [-0.05, 0) is 12.1 Å². The van der Waals surface area contributed by atoms with Crippen molar-refractivity contribution < 1.29 is 13.6 Å². The third-order valence-electron chi connectivity index (χ3n) is 4.13. The molecule has 0 aliphatic carbocycles. The van der Waals surface area contributed by atoms with Crippen LogP contribution >= 0.6 is 45.9 Å². The van der Waals surface area contributed by atoms with Crippen LogP contribution in [0.2, 0.25) is 8.67 Å². The summed E-state index contributed by atoms with van der Waals surface area (Å²) in [5, 5.41) is 0.619. The van der Waals surface area contributed by atoms with Crippen LogP contribution in [-0.2, 0) is 0 Å². The second-order valence-corrected chi connectivity index (χ2v) is 9.04. The van der Waals surface area contributed by atoms with E-state index in [1.54, 1.807) is 11.0 Å². The summed E-state index contributed by atoms with van der Waals surface area (Å²) in [7, 11) is 0. The van der Waals surface area contributed by atoms with E-state index in [2.05, 4.69) is 4.98 Å². The van der Waals surface area contributed by atoms with Gasteiger partial charge in [-0.15, -0.1) is 11.3 Å². The number of benzene rings is 1. The normalized spacial score (nSPS) is 15.1. The zero-order valence-corrected chi connectivity index (χ0v) is 16.3. The van der Waals surface area contributed by atoms with Gasteiger partial charge in [0, 0.05) is 32.2 Å². The number of amides is 1. The second kappa shape index (κ2) is 6.92. The molecule has 0 atom stereocenters. The highest BCUT2D eigenvalue weighted by atomic mass is 35.5. The molecule has 2 aromatic heterocycles. The van der Waals surface area contributed by atoms with E-state index in [1.807, 2.05) is 4.90 Å². The predicted molar refractivity (Wildman–Crippen MR) is 102 cm³/mol. The Morgan fingerprint density at radius 3 is 2.46 bits per heavy atom. The molecule has 1 amide bonds. The first kappa shape index (κ1) is 17.9. The minimum Gasteiger partial charge on any atom is -0.345 e. The van der Waals surface area contributed by atoms with Crippen molar-refractivity contribution in [3.63, 3.8) is 0 Å². The minimum atomic E-state index is -0.666. The zero-order chi connectivity index (χ0) is 18.4. The van der Waals surface area contributed by atoms with Crippen molar-refractivity contribution in [1.82, 2.24) is 9.88 Å². The highest BCUT2D eigenvalue weighted by Gasteiger charge is 2.26. The molecule has 0 saturated carbocycles. The molecule has 1 saturated heterocycles. The maximum absolute atomic E-state index is 13.8. The number of halogens is 4. The van der Waals surface area contributed by atoms with E-state index >= 15 is 0 Å². The maximum atomic E-state index is 13.8. The number of hydrogen-bond donors (Lipinski definition) is 0. The average molecular weight is 434 g/mol. The molecule has 1 aliphatic rings. The lowest BCUT2D eigenvalue weighted by Crippen LogP contribution is -2.48. The molecule has 3 heterocycles. The summed E-state index contributed by atoms with van der Waals surface area (Å²) in [5.41, 5.74) is 0.581. The van der Waals surface area contributed by atoms with Crippen molar-refractivity contribution in [1.29, 1.82) is 0 Å². The van der Waals surface area contributed by atoms with Gasteiger partial charge in [0.25, 0.3) is 5.91 Å². The molecule has 0 unspecified atom stereocenters. The van der Waals surface area contributed by atoms with Crippen LogP contribution in [0.4, 0.5) is 13.9 Å². The summed E-state index contributed by atoms with van der Waals surface area (Å²) < 4.78 is 28.5. The fourth-order valence-corrected chi connectivity index (χ4v) is 5.34. The van der Waals surface area contributed by atoms with Crippen molar-refractivity contribution in [2.45, 2.75) is 0 Å². The molecule has 0 spiro atoms. The number of thiazole rings is 1. The number of nitrogens with zero attached hydrogens (tertiary/aromatic N) is 3. The first-order chi connectivity index (χ1) is 12.4. The van der Waals surface area contributed by atoms with Crippen LogP contribution in [0.5, 0.6) is 0 Å². The second-order valence-electron chi connectivity index (χ2n) is 5.75. The SMILES string of the molecule is O=C(c1cc(Cl)sc1Cl)N1CCN(c2nc3c(F)cc(F)cc3s2)CC1. The van der Waals surface area contributed by atoms with Gasteiger partial charge in [0.05, 0.1) is 14.6 Å². The topological polar surface area (TPSA) is 36.4 Å². The lowest BCUT2D eigenvalue weighted by atomic mass is 10.2. The number of hydrogen-bond acceptors (Lipinski definition) is 5. The Kier molecular flexibility index (Phi) is 4.77. The molecule has 136 valence electrons. The molecule has 1 fully saturated rings. The van der Waals surface area contributed by atoms with Crippen LogP contribution in [0.25, 0.3) is 10.2 Å². The summed E-state index contributed by atoms with van der Waals surface area (Å²) in [6, 6.07) is 3.69. The first-order valence-corrected chi connectivity index (χ1v) is 10.1. The molecular weight excluding hydrogens is 423 g/mol. The Hall–Kier alpha value is -1.48. The Morgan fingerprint density at radius 1 is 1.08 bits per heavy atom. The van der Waals surface area contributed by atoms with E-state index in [0.717, 1.165) is 17.4 Å². The molecule has 4 rings (SSSR count). The summed E-state index contributed by atoms with van der Waals surface area (Å²) in [5.74, 6) is -1.44. The lowest BCUT2D eigenvalue weighted by molar-refractivity contribution is 0.0747. The van der Waals surface area contributed by atoms with Crippen molar-refractivity contribution in [3.8, 4) is 0 Å². The molecule has 26 heavy (non-hydrogen) atoms. The van der Waals surface area contributed by atoms with Gasteiger partial charge in [-0.25, -0.2) is 13.8 Å². The predicted octanol–water partition coefficient (Wildman–Crippen LogP) is 4.91. The minimum absolute atomic E-state index is 0.157. The number of carbonyl (C=O) groups excluding carboxylic acids is 1. The molecule has 0 bridgehead atoms. The standard InChI is InChI=1S/C16H11Cl2F2N3OS2/c17-12-7-9(14(18)26-12)15(24)22-1-3-23(4-2-22)16-21-13-10(20)5-8(19)6-11(13)25-16/h5-7H,1-4H2. The van der Waals surface area contributed by atoms with E-state index in [9.17, 15) is 13.6 Å². The average Bonchev–Trinajstić information content (AvgIpc) is 3.17. The number of thiophene rings is 1. The Morgan fingerprint density at radius 2 is 1.81 bits per heavy atom. The van der Waals surface area contributed by atoms with E-state index in [4.69, 9.17) is 23.2 Å². The number of rotatable bonds is 2. The number of piperazine rings is 1. The lowest BCUT2D eigenvalue weighted by Gasteiger charge is -2.34. The monoisotopic (exact) mass is 433 g/mol. The van der Waals surface area contributed by atoms with Crippen molar-refractivity contribution >= 4 is 67.1 Å². The third kappa shape index (κ3) is 3.26. The first-order valence-electron chi connectivity index (χ1n) is 7.67. The van der Waals surface area contributed by atoms with Gasteiger partial charge in [0.1, 0.15) is 15.7 Å². The van der Waals surface area contributed by atoms with Crippen LogP contribution in [0.3, 0.4) is 0 Å². The molecule has 1 aliphatic heterocycles. The zero-order valence-electron chi connectivity index (χ0n) is 13.1. The van der Waals surface area contributed by atoms with Crippen LogP contribution < -0.4 is 4.90 Å². The van der Waals surface area contributed by atoms with E-state index in [-0.39, 0.29) is 11.4 Å². The quantitative estimate of drug-likeness (QED) is 0.576. The molecular formula is C16H11Cl2F2N3OS2. The van der Waals surface area contributed by atoms with E-state index in [0.29, 0.717) is 50.2 Å². The van der Waals surface area contributed by atoms with E-state index in [1.165, 1.54) is 17.4 Å². The van der Waals surface area contributed by atoms with Gasteiger partial charge in [-0.3, -0.25) is 4.79 Å². The van der Waals surface area contributed by atoms with Gasteiger partial charge >= 0.3 is 0 Å². The summed E-state index contributed by atoms with van der Waals surface area (Å²) in [6.45, 7) is 2.06. The van der Waals surface area contributed by atoms with Gasteiger partial charge in [0.2, 0.25) is 0 Å². The van der Waals surface area contributed by atoms with Crippen LogP contribution in [0.1, 0.15) is 10.4 Å². The Balaban J connectivity index is 1.49.